The average molecular weight is 259 g/mol. The van der Waals surface area contributed by atoms with Crippen LogP contribution in [0.15, 0.2) is 23.4 Å². The van der Waals surface area contributed by atoms with E-state index in [0.29, 0.717) is 18.8 Å². The van der Waals surface area contributed by atoms with Gasteiger partial charge in [0.15, 0.2) is 5.03 Å². The number of nitrogens with zero attached hydrogens (tertiary/aromatic N) is 2. The fraction of sp³-hybridized carbons (Fsp3) is 0.444. The number of nitrogens with two attached hydrogens (primary N) is 1. The molecule has 16 heavy (non-hydrogen) atoms. The number of aromatic nitrogens is 1. The van der Waals surface area contributed by atoms with Gasteiger partial charge < -0.3 is 5.73 Å². The Kier molecular flexibility index (Phi) is 3.09. The maximum Gasteiger partial charge on any atom is 0.260 e. The molecule has 0 saturated carbocycles. The highest BCUT2D eigenvalue weighted by atomic mass is 32.2. The highest BCUT2D eigenvalue weighted by Gasteiger charge is 2.31. The van der Waals surface area contributed by atoms with Gasteiger partial charge in [-0.3, -0.25) is 0 Å². The molecule has 5 nitrogen and oxygen atoms in total. The Labute approximate surface area is 100 Å². The summed E-state index contributed by atoms with van der Waals surface area (Å²) in [7, 11) is -3.47. The lowest BCUT2D eigenvalue weighted by Crippen LogP contribution is -2.29. The molecule has 2 N–H and O–H groups in total. The minimum absolute atomic E-state index is 0.0455. The largest absolute Gasteiger partial charge is 0.397 e. The standard InChI is InChI=1S/C9H13N3O2S2/c10-7-1-2-9(11-5-7)16(13,14)12-4-3-8(15)6-12/h1-2,5,8,15H,3-4,6,10H2. The molecule has 1 atom stereocenters. The lowest BCUT2D eigenvalue weighted by molar-refractivity contribution is 0.475. The fourth-order valence-electron chi connectivity index (χ4n) is 1.61. The fourth-order valence-corrected chi connectivity index (χ4v) is 3.44. The zero-order valence-corrected chi connectivity index (χ0v) is 10.3. The molecule has 0 spiro atoms. The Morgan fingerprint density at radius 2 is 2.25 bits per heavy atom. The molecule has 0 aliphatic carbocycles. The minimum Gasteiger partial charge on any atom is -0.397 e. The monoisotopic (exact) mass is 259 g/mol. The number of rotatable bonds is 2. The van der Waals surface area contributed by atoms with Crippen LogP contribution < -0.4 is 5.73 Å². The molecule has 0 bridgehead atoms. The molecule has 0 aromatic carbocycles. The molecular formula is C9H13N3O2S2. The van der Waals surface area contributed by atoms with E-state index in [4.69, 9.17) is 5.73 Å². The molecule has 1 aliphatic rings. The number of sulfonamides is 1. The topological polar surface area (TPSA) is 76.3 Å². The lowest BCUT2D eigenvalue weighted by atomic mass is 10.4. The Morgan fingerprint density at radius 3 is 2.75 bits per heavy atom. The average Bonchev–Trinajstić information content (AvgIpc) is 2.66. The van der Waals surface area contributed by atoms with Gasteiger partial charge in [0.1, 0.15) is 0 Å². The molecule has 1 aromatic rings. The summed E-state index contributed by atoms with van der Waals surface area (Å²) >= 11 is 4.27. The smallest absolute Gasteiger partial charge is 0.260 e. The van der Waals surface area contributed by atoms with E-state index >= 15 is 0 Å². The van der Waals surface area contributed by atoms with Gasteiger partial charge in [0.25, 0.3) is 10.0 Å². The molecule has 1 aliphatic heterocycles. The van der Waals surface area contributed by atoms with Gasteiger partial charge in [0.2, 0.25) is 0 Å². The molecule has 2 heterocycles. The third kappa shape index (κ3) is 2.16. The van der Waals surface area contributed by atoms with Crippen molar-refractivity contribution in [3.05, 3.63) is 18.3 Å². The van der Waals surface area contributed by atoms with E-state index in [2.05, 4.69) is 17.6 Å². The summed E-state index contributed by atoms with van der Waals surface area (Å²) in [6.07, 6.45) is 2.12. The molecule has 1 unspecified atom stereocenters. The number of thiol groups is 1. The van der Waals surface area contributed by atoms with Crippen molar-refractivity contribution in [1.82, 2.24) is 9.29 Å². The number of nitrogen functional groups attached to an aromatic ring is 1. The molecule has 2 rings (SSSR count). The van der Waals surface area contributed by atoms with Crippen LogP contribution in [-0.4, -0.2) is 36.0 Å². The van der Waals surface area contributed by atoms with Gasteiger partial charge in [-0.05, 0) is 18.6 Å². The van der Waals surface area contributed by atoms with Crippen LogP contribution in [0.3, 0.4) is 0 Å². The van der Waals surface area contributed by atoms with Crippen LogP contribution in [-0.2, 0) is 10.0 Å². The molecular weight excluding hydrogens is 246 g/mol. The lowest BCUT2D eigenvalue weighted by Gasteiger charge is -2.14. The van der Waals surface area contributed by atoms with Crippen LogP contribution in [0.2, 0.25) is 0 Å². The van der Waals surface area contributed by atoms with Crippen molar-refractivity contribution in [1.29, 1.82) is 0 Å². The minimum atomic E-state index is -3.47. The summed E-state index contributed by atoms with van der Waals surface area (Å²) in [6, 6.07) is 2.96. The van der Waals surface area contributed by atoms with Crippen molar-refractivity contribution in [2.45, 2.75) is 16.7 Å². The van der Waals surface area contributed by atoms with E-state index in [1.165, 1.54) is 22.6 Å². The van der Waals surface area contributed by atoms with Gasteiger partial charge in [-0.25, -0.2) is 13.4 Å². The van der Waals surface area contributed by atoms with Crippen molar-refractivity contribution < 1.29 is 8.42 Å². The summed E-state index contributed by atoms with van der Waals surface area (Å²) < 4.78 is 25.6. The third-order valence-electron chi connectivity index (χ3n) is 2.49. The van der Waals surface area contributed by atoms with Crippen molar-refractivity contribution >= 4 is 28.3 Å². The van der Waals surface area contributed by atoms with Gasteiger partial charge in [0, 0.05) is 18.3 Å². The van der Waals surface area contributed by atoms with Crippen molar-refractivity contribution in [3.63, 3.8) is 0 Å². The van der Waals surface area contributed by atoms with Gasteiger partial charge in [0.05, 0.1) is 11.9 Å². The van der Waals surface area contributed by atoms with Gasteiger partial charge in [-0.15, -0.1) is 0 Å². The molecule has 1 aromatic heterocycles. The maximum absolute atomic E-state index is 12.1. The zero-order valence-electron chi connectivity index (χ0n) is 8.57. The first-order valence-electron chi connectivity index (χ1n) is 4.90. The summed E-state index contributed by atoms with van der Waals surface area (Å²) in [5, 5.41) is 0.160. The Morgan fingerprint density at radius 1 is 1.50 bits per heavy atom. The van der Waals surface area contributed by atoms with Gasteiger partial charge in [-0.1, -0.05) is 0 Å². The van der Waals surface area contributed by atoms with Crippen molar-refractivity contribution in [3.8, 4) is 0 Å². The Balaban J connectivity index is 2.29. The highest BCUT2D eigenvalue weighted by molar-refractivity contribution is 7.89. The first-order chi connectivity index (χ1) is 7.50. The molecule has 7 heteroatoms. The van der Waals surface area contributed by atoms with Crippen LogP contribution in [0.1, 0.15) is 6.42 Å². The van der Waals surface area contributed by atoms with E-state index in [-0.39, 0.29) is 10.3 Å². The summed E-state index contributed by atoms with van der Waals surface area (Å²) in [5.74, 6) is 0. The van der Waals surface area contributed by atoms with Crippen LogP contribution in [0.25, 0.3) is 0 Å². The van der Waals surface area contributed by atoms with Crippen LogP contribution in [0.4, 0.5) is 5.69 Å². The maximum atomic E-state index is 12.1. The predicted molar refractivity (Wildman–Crippen MR) is 64.8 cm³/mol. The molecule has 1 fully saturated rings. The molecule has 88 valence electrons. The van der Waals surface area contributed by atoms with E-state index in [1.807, 2.05) is 0 Å². The number of hydrogen-bond acceptors (Lipinski definition) is 5. The first kappa shape index (κ1) is 11.7. The van der Waals surface area contributed by atoms with Crippen molar-refractivity contribution in [2.75, 3.05) is 18.8 Å². The Hall–Kier alpha value is -0.790. The number of hydrogen-bond donors (Lipinski definition) is 2. The van der Waals surface area contributed by atoms with Crippen LogP contribution in [0, 0.1) is 0 Å². The quantitative estimate of drug-likeness (QED) is 0.752. The van der Waals surface area contributed by atoms with E-state index in [1.54, 1.807) is 0 Å². The summed E-state index contributed by atoms with van der Waals surface area (Å²) in [6.45, 7) is 0.945. The van der Waals surface area contributed by atoms with E-state index < -0.39 is 10.0 Å². The SMILES string of the molecule is Nc1ccc(S(=O)(=O)N2CCC(S)C2)nc1. The first-order valence-corrected chi connectivity index (χ1v) is 6.85. The second-order valence-electron chi connectivity index (χ2n) is 3.74. The second kappa shape index (κ2) is 4.23. The predicted octanol–water partition coefficient (Wildman–Crippen LogP) is 0.357. The molecule has 1 saturated heterocycles. The second-order valence-corrected chi connectivity index (χ2v) is 6.35. The van der Waals surface area contributed by atoms with E-state index in [9.17, 15) is 8.42 Å². The van der Waals surface area contributed by atoms with Gasteiger partial charge >= 0.3 is 0 Å². The Bertz CT molecular complexity index is 472. The van der Waals surface area contributed by atoms with Gasteiger partial charge in [-0.2, -0.15) is 16.9 Å². The van der Waals surface area contributed by atoms with Crippen LogP contribution >= 0.6 is 12.6 Å². The van der Waals surface area contributed by atoms with Crippen molar-refractivity contribution in [2.24, 2.45) is 0 Å². The molecule has 0 radical (unpaired) electrons. The van der Waals surface area contributed by atoms with Crippen LogP contribution in [0.5, 0.6) is 0 Å². The number of anilines is 1. The highest BCUT2D eigenvalue weighted by Crippen LogP contribution is 2.22. The van der Waals surface area contributed by atoms with E-state index in [0.717, 1.165) is 6.42 Å². The normalized spacial score (nSPS) is 22.4. The zero-order chi connectivity index (χ0) is 11.8. The summed E-state index contributed by atoms with van der Waals surface area (Å²) in [5.41, 5.74) is 5.91. The molecule has 0 amide bonds. The third-order valence-corrected chi connectivity index (χ3v) is 4.69. The summed E-state index contributed by atoms with van der Waals surface area (Å²) in [4.78, 5) is 3.84. The number of pyridine rings is 1.